The summed E-state index contributed by atoms with van der Waals surface area (Å²) in [5.74, 6) is -0.0607. The van der Waals surface area contributed by atoms with Crippen LogP contribution >= 0.6 is 0 Å². The first-order valence-electron chi connectivity index (χ1n) is 7.67. The smallest absolute Gasteiger partial charge is 0.242 e. The van der Waals surface area contributed by atoms with Crippen LogP contribution in [0.3, 0.4) is 0 Å². The van der Waals surface area contributed by atoms with Crippen molar-refractivity contribution in [3.63, 3.8) is 0 Å². The van der Waals surface area contributed by atoms with Crippen LogP contribution in [-0.2, 0) is 4.79 Å². The number of piperazine rings is 1. The standard InChI is InChI=1S/C18H23N3O/c1-18(2,15-19)17(22)21-13-11-20(12-14-21)10-6-9-16-7-4-3-5-8-16/h3-9H,10-14H2,1-2H3/b9-6-. The Kier molecular flexibility index (Phi) is 5.35. The minimum atomic E-state index is -0.921. The molecule has 0 saturated carbocycles. The third-order valence-electron chi connectivity index (χ3n) is 3.95. The van der Waals surface area contributed by atoms with Gasteiger partial charge in [-0.1, -0.05) is 42.5 Å². The molecule has 0 aromatic heterocycles. The molecular weight excluding hydrogens is 274 g/mol. The van der Waals surface area contributed by atoms with Crippen molar-refractivity contribution in [1.29, 1.82) is 5.26 Å². The van der Waals surface area contributed by atoms with E-state index in [-0.39, 0.29) is 5.91 Å². The molecule has 0 unspecified atom stereocenters. The van der Waals surface area contributed by atoms with Gasteiger partial charge in [-0.25, -0.2) is 0 Å². The zero-order valence-electron chi connectivity index (χ0n) is 13.3. The van der Waals surface area contributed by atoms with Crippen molar-refractivity contribution in [2.75, 3.05) is 32.7 Å². The number of carbonyl (C=O) groups excluding carboxylic acids is 1. The SMILES string of the molecule is CC(C)(C#N)C(=O)N1CCN(C/C=C\c2ccccc2)CC1. The maximum absolute atomic E-state index is 12.2. The van der Waals surface area contributed by atoms with Gasteiger partial charge in [-0.3, -0.25) is 9.69 Å². The lowest BCUT2D eigenvalue weighted by atomic mass is 9.93. The van der Waals surface area contributed by atoms with Gasteiger partial charge in [0, 0.05) is 32.7 Å². The Morgan fingerprint density at radius 2 is 1.86 bits per heavy atom. The van der Waals surface area contributed by atoms with E-state index in [9.17, 15) is 4.79 Å². The van der Waals surface area contributed by atoms with Crippen LogP contribution in [0.2, 0.25) is 0 Å². The second-order valence-electron chi connectivity index (χ2n) is 6.14. The fourth-order valence-electron chi connectivity index (χ4n) is 2.48. The van der Waals surface area contributed by atoms with E-state index in [1.165, 1.54) is 5.56 Å². The van der Waals surface area contributed by atoms with E-state index in [1.54, 1.807) is 18.7 Å². The highest BCUT2D eigenvalue weighted by Gasteiger charge is 2.33. The van der Waals surface area contributed by atoms with Crippen molar-refractivity contribution in [1.82, 2.24) is 9.80 Å². The minimum absolute atomic E-state index is 0.0607. The molecule has 1 heterocycles. The first-order valence-corrected chi connectivity index (χ1v) is 7.67. The number of amides is 1. The molecule has 0 radical (unpaired) electrons. The third kappa shape index (κ3) is 4.19. The summed E-state index contributed by atoms with van der Waals surface area (Å²) in [6.45, 7) is 7.36. The summed E-state index contributed by atoms with van der Waals surface area (Å²) in [4.78, 5) is 16.4. The van der Waals surface area contributed by atoms with Crippen molar-refractivity contribution < 1.29 is 4.79 Å². The predicted octanol–water partition coefficient (Wildman–Crippen LogP) is 2.39. The maximum Gasteiger partial charge on any atom is 0.242 e. The molecule has 116 valence electrons. The summed E-state index contributed by atoms with van der Waals surface area (Å²) in [5, 5.41) is 9.05. The van der Waals surface area contributed by atoms with E-state index in [4.69, 9.17) is 5.26 Å². The highest BCUT2D eigenvalue weighted by molar-refractivity contribution is 5.84. The van der Waals surface area contributed by atoms with E-state index in [1.807, 2.05) is 18.2 Å². The van der Waals surface area contributed by atoms with Crippen LogP contribution in [0.15, 0.2) is 36.4 Å². The molecule has 2 rings (SSSR count). The Hall–Kier alpha value is -2.12. The van der Waals surface area contributed by atoms with E-state index in [2.05, 4.69) is 35.3 Å². The van der Waals surface area contributed by atoms with Gasteiger partial charge < -0.3 is 4.90 Å². The Morgan fingerprint density at radius 3 is 2.45 bits per heavy atom. The molecule has 1 aromatic rings. The number of rotatable bonds is 4. The van der Waals surface area contributed by atoms with Crippen LogP contribution < -0.4 is 0 Å². The Balaban J connectivity index is 1.79. The van der Waals surface area contributed by atoms with Crippen molar-refractivity contribution in [2.24, 2.45) is 5.41 Å². The predicted molar refractivity (Wildman–Crippen MR) is 87.9 cm³/mol. The minimum Gasteiger partial charge on any atom is -0.339 e. The van der Waals surface area contributed by atoms with Crippen LogP contribution in [0.4, 0.5) is 0 Å². The molecule has 4 heteroatoms. The first-order chi connectivity index (χ1) is 10.5. The molecule has 0 atom stereocenters. The lowest BCUT2D eigenvalue weighted by Gasteiger charge is -2.36. The monoisotopic (exact) mass is 297 g/mol. The largest absolute Gasteiger partial charge is 0.339 e. The highest BCUT2D eigenvalue weighted by atomic mass is 16.2. The number of benzene rings is 1. The fraction of sp³-hybridized carbons (Fsp3) is 0.444. The third-order valence-corrected chi connectivity index (χ3v) is 3.95. The van der Waals surface area contributed by atoms with E-state index < -0.39 is 5.41 Å². The molecule has 0 N–H and O–H groups in total. The van der Waals surface area contributed by atoms with Gasteiger partial charge in [0.1, 0.15) is 5.41 Å². The van der Waals surface area contributed by atoms with Crippen molar-refractivity contribution in [2.45, 2.75) is 13.8 Å². The topological polar surface area (TPSA) is 47.3 Å². The number of carbonyl (C=O) groups is 1. The van der Waals surface area contributed by atoms with Crippen molar-refractivity contribution >= 4 is 12.0 Å². The molecular formula is C18H23N3O. The van der Waals surface area contributed by atoms with Gasteiger partial charge in [-0.2, -0.15) is 5.26 Å². The van der Waals surface area contributed by atoms with Crippen molar-refractivity contribution in [3.05, 3.63) is 42.0 Å². The van der Waals surface area contributed by atoms with Crippen LogP contribution in [0, 0.1) is 16.7 Å². The molecule has 4 nitrogen and oxygen atoms in total. The number of nitrogens with zero attached hydrogens (tertiary/aromatic N) is 3. The molecule has 1 amide bonds. The summed E-state index contributed by atoms with van der Waals surface area (Å²) < 4.78 is 0. The molecule has 1 saturated heterocycles. The van der Waals surface area contributed by atoms with E-state index in [0.29, 0.717) is 13.1 Å². The molecule has 1 aromatic carbocycles. The highest BCUT2D eigenvalue weighted by Crippen LogP contribution is 2.18. The summed E-state index contributed by atoms with van der Waals surface area (Å²) >= 11 is 0. The van der Waals surface area contributed by atoms with E-state index in [0.717, 1.165) is 19.6 Å². The molecule has 0 bridgehead atoms. The second kappa shape index (κ2) is 7.24. The van der Waals surface area contributed by atoms with Crippen LogP contribution in [0.1, 0.15) is 19.4 Å². The van der Waals surface area contributed by atoms with Gasteiger partial charge in [0.2, 0.25) is 5.91 Å². The fourth-order valence-corrected chi connectivity index (χ4v) is 2.48. The first kappa shape index (κ1) is 16.3. The average molecular weight is 297 g/mol. The Morgan fingerprint density at radius 1 is 1.23 bits per heavy atom. The normalized spacial score (nSPS) is 16.7. The Bertz CT molecular complexity index is 564. The zero-order chi connectivity index (χ0) is 16.0. The maximum atomic E-state index is 12.2. The van der Waals surface area contributed by atoms with Gasteiger partial charge in [-0.15, -0.1) is 0 Å². The van der Waals surface area contributed by atoms with Crippen molar-refractivity contribution in [3.8, 4) is 6.07 Å². The number of nitriles is 1. The Labute approximate surface area is 132 Å². The summed E-state index contributed by atoms with van der Waals surface area (Å²) in [6, 6.07) is 12.3. The molecule has 1 fully saturated rings. The average Bonchev–Trinajstić information content (AvgIpc) is 2.56. The molecule has 0 aliphatic carbocycles. The number of hydrogen-bond donors (Lipinski definition) is 0. The van der Waals surface area contributed by atoms with Crippen LogP contribution in [0.5, 0.6) is 0 Å². The second-order valence-corrected chi connectivity index (χ2v) is 6.14. The summed E-state index contributed by atoms with van der Waals surface area (Å²) in [6.07, 6.45) is 4.28. The number of hydrogen-bond acceptors (Lipinski definition) is 3. The molecule has 22 heavy (non-hydrogen) atoms. The molecule has 1 aliphatic rings. The quantitative estimate of drug-likeness (QED) is 0.857. The van der Waals surface area contributed by atoms with Crippen LogP contribution in [0.25, 0.3) is 6.08 Å². The lowest BCUT2D eigenvalue weighted by Crippen LogP contribution is -2.51. The molecule has 1 aliphatic heterocycles. The lowest BCUT2D eigenvalue weighted by molar-refractivity contribution is -0.139. The van der Waals surface area contributed by atoms with Crippen LogP contribution in [-0.4, -0.2) is 48.4 Å². The summed E-state index contributed by atoms with van der Waals surface area (Å²) in [7, 11) is 0. The van der Waals surface area contributed by atoms with Gasteiger partial charge in [0.15, 0.2) is 0 Å². The molecule has 0 spiro atoms. The van der Waals surface area contributed by atoms with Gasteiger partial charge in [0.25, 0.3) is 0 Å². The van der Waals surface area contributed by atoms with E-state index >= 15 is 0 Å². The van der Waals surface area contributed by atoms with Gasteiger partial charge in [0.05, 0.1) is 6.07 Å². The summed E-state index contributed by atoms with van der Waals surface area (Å²) in [5.41, 5.74) is 0.280. The van der Waals surface area contributed by atoms with Gasteiger partial charge >= 0.3 is 0 Å². The zero-order valence-corrected chi connectivity index (χ0v) is 13.3. The van der Waals surface area contributed by atoms with Gasteiger partial charge in [-0.05, 0) is 19.4 Å².